The molecule has 132 valence electrons. The highest BCUT2D eigenvalue weighted by atomic mass is 35.5. The highest BCUT2D eigenvalue weighted by Crippen LogP contribution is 2.16. The van der Waals surface area contributed by atoms with Crippen molar-refractivity contribution in [3.8, 4) is 0 Å². The van der Waals surface area contributed by atoms with E-state index in [1.54, 1.807) is 0 Å². The van der Waals surface area contributed by atoms with E-state index in [0.717, 1.165) is 51.5 Å². The van der Waals surface area contributed by atoms with Gasteiger partial charge in [-0.05, 0) is 37.2 Å². The van der Waals surface area contributed by atoms with Crippen LogP contribution in [0.25, 0.3) is 0 Å². The molecule has 0 saturated carbocycles. The lowest BCUT2D eigenvalue weighted by molar-refractivity contribution is 0.0954. The molecule has 0 unspecified atom stereocenters. The molecule has 23 heavy (non-hydrogen) atoms. The minimum atomic E-state index is -0.0122. The van der Waals surface area contributed by atoms with Crippen molar-refractivity contribution in [3.63, 3.8) is 0 Å². The second-order valence-electron chi connectivity index (χ2n) is 5.15. The van der Waals surface area contributed by atoms with E-state index in [2.05, 4.69) is 22.5 Å². The Bertz CT molecular complexity index is 437. The van der Waals surface area contributed by atoms with Crippen LogP contribution in [0.5, 0.6) is 0 Å². The van der Waals surface area contributed by atoms with Crippen molar-refractivity contribution in [2.75, 3.05) is 50.8 Å². The summed E-state index contributed by atoms with van der Waals surface area (Å²) in [5.41, 5.74) is 1.86. The number of hydrogen-bond acceptors (Lipinski definition) is 4. The third-order valence-corrected chi connectivity index (χ3v) is 3.52. The summed E-state index contributed by atoms with van der Waals surface area (Å²) in [6.07, 6.45) is 1.11. The zero-order chi connectivity index (χ0) is 14.9. The van der Waals surface area contributed by atoms with Crippen LogP contribution in [-0.4, -0.2) is 51.8 Å². The van der Waals surface area contributed by atoms with Crippen molar-refractivity contribution < 1.29 is 9.53 Å². The first-order valence-corrected chi connectivity index (χ1v) is 7.73. The molecule has 1 aromatic rings. The van der Waals surface area contributed by atoms with E-state index >= 15 is 0 Å². The van der Waals surface area contributed by atoms with Gasteiger partial charge in [0.05, 0.1) is 13.2 Å². The van der Waals surface area contributed by atoms with Gasteiger partial charge in [0.1, 0.15) is 0 Å². The van der Waals surface area contributed by atoms with Gasteiger partial charge in [-0.1, -0.05) is 6.92 Å². The van der Waals surface area contributed by atoms with Crippen LogP contribution in [0.15, 0.2) is 24.3 Å². The predicted octanol–water partition coefficient (Wildman–Crippen LogP) is 2.10. The van der Waals surface area contributed by atoms with Gasteiger partial charge in [0.15, 0.2) is 0 Å². The third kappa shape index (κ3) is 7.40. The van der Waals surface area contributed by atoms with Gasteiger partial charge in [0.2, 0.25) is 0 Å². The second kappa shape index (κ2) is 12.4. The smallest absolute Gasteiger partial charge is 0.251 e. The molecular formula is C16H27Cl2N3O2. The molecule has 1 fully saturated rings. The molecule has 0 aliphatic carbocycles. The average molecular weight is 364 g/mol. The van der Waals surface area contributed by atoms with Gasteiger partial charge in [-0.25, -0.2) is 0 Å². The number of hydrogen-bond donors (Lipinski definition) is 2. The summed E-state index contributed by atoms with van der Waals surface area (Å²) in [6, 6.07) is 7.80. The van der Waals surface area contributed by atoms with Gasteiger partial charge in [-0.3, -0.25) is 4.79 Å². The second-order valence-corrected chi connectivity index (χ2v) is 5.15. The lowest BCUT2D eigenvalue weighted by atomic mass is 10.1. The minimum Gasteiger partial charge on any atom is -0.378 e. The molecule has 1 aliphatic heterocycles. The average Bonchev–Trinajstić information content (AvgIpc) is 2.55. The van der Waals surface area contributed by atoms with E-state index in [1.807, 2.05) is 24.3 Å². The first-order chi connectivity index (χ1) is 10.3. The van der Waals surface area contributed by atoms with Crippen molar-refractivity contribution in [1.29, 1.82) is 0 Å². The normalized spacial score (nSPS) is 13.7. The fraction of sp³-hybridized carbons (Fsp3) is 0.562. The van der Waals surface area contributed by atoms with Crippen molar-refractivity contribution in [3.05, 3.63) is 29.8 Å². The van der Waals surface area contributed by atoms with Crippen molar-refractivity contribution in [1.82, 2.24) is 10.6 Å². The summed E-state index contributed by atoms with van der Waals surface area (Å²) >= 11 is 0. The van der Waals surface area contributed by atoms with E-state index in [4.69, 9.17) is 4.74 Å². The summed E-state index contributed by atoms with van der Waals surface area (Å²) in [6.45, 7) is 7.95. The Kier molecular flexibility index (Phi) is 11.9. The van der Waals surface area contributed by atoms with Gasteiger partial charge >= 0.3 is 0 Å². The van der Waals surface area contributed by atoms with Crippen molar-refractivity contribution in [2.45, 2.75) is 13.3 Å². The number of halogens is 2. The molecule has 5 nitrogen and oxygen atoms in total. The number of carbonyl (C=O) groups is 1. The van der Waals surface area contributed by atoms with Gasteiger partial charge in [0.25, 0.3) is 5.91 Å². The molecule has 1 aliphatic rings. The van der Waals surface area contributed by atoms with E-state index in [9.17, 15) is 4.79 Å². The Morgan fingerprint density at radius 3 is 2.35 bits per heavy atom. The summed E-state index contributed by atoms with van der Waals surface area (Å²) in [5.74, 6) is -0.0122. The minimum absolute atomic E-state index is 0. The number of carbonyl (C=O) groups excluding carboxylic acids is 1. The maximum atomic E-state index is 12.0. The zero-order valence-corrected chi connectivity index (χ0v) is 15.2. The van der Waals surface area contributed by atoms with Crippen molar-refractivity contribution in [2.24, 2.45) is 0 Å². The van der Waals surface area contributed by atoms with Gasteiger partial charge in [-0.2, -0.15) is 0 Å². The molecular weight excluding hydrogens is 337 g/mol. The van der Waals surface area contributed by atoms with Gasteiger partial charge in [-0.15, -0.1) is 24.8 Å². The SMILES string of the molecule is CCCNCCNC(=O)c1ccc(N2CCOCC2)cc1.Cl.Cl. The van der Waals surface area contributed by atoms with Crippen LogP contribution in [0.4, 0.5) is 5.69 Å². The van der Waals surface area contributed by atoms with Crippen molar-refractivity contribution >= 4 is 36.4 Å². The lowest BCUT2D eigenvalue weighted by Crippen LogP contribution is -2.36. The number of benzene rings is 1. The topological polar surface area (TPSA) is 53.6 Å². The molecule has 7 heteroatoms. The molecule has 1 amide bonds. The summed E-state index contributed by atoms with van der Waals surface area (Å²) in [5, 5.41) is 6.18. The molecule has 1 saturated heterocycles. The van der Waals surface area contributed by atoms with Crippen LogP contribution >= 0.6 is 24.8 Å². The summed E-state index contributed by atoms with van der Waals surface area (Å²) in [7, 11) is 0. The van der Waals surface area contributed by atoms with Gasteiger partial charge in [0, 0.05) is 37.4 Å². The number of nitrogens with one attached hydrogen (secondary N) is 2. The maximum Gasteiger partial charge on any atom is 0.251 e. The predicted molar refractivity (Wildman–Crippen MR) is 99.5 cm³/mol. The first kappa shape index (κ1) is 22.0. The number of amides is 1. The molecule has 2 rings (SSSR count). The fourth-order valence-electron chi connectivity index (χ4n) is 2.31. The Morgan fingerprint density at radius 1 is 1.09 bits per heavy atom. The molecule has 2 N–H and O–H groups in total. The van der Waals surface area contributed by atoms with Crippen LogP contribution in [0, 0.1) is 0 Å². The molecule has 1 heterocycles. The summed E-state index contributed by atoms with van der Waals surface area (Å²) < 4.78 is 5.34. The van der Waals surface area contributed by atoms with E-state index in [1.165, 1.54) is 0 Å². The highest BCUT2D eigenvalue weighted by molar-refractivity contribution is 5.94. The Morgan fingerprint density at radius 2 is 1.74 bits per heavy atom. The summed E-state index contributed by atoms with van der Waals surface area (Å²) in [4.78, 5) is 14.3. The zero-order valence-electron chi connectivity index (χ0n) is 13.5. The number of rotatable bonds is 7. The molecule has 0 bridgehead atoms. The highest BCUT2D eigenvalue weighted by Gasteiger charge is 2.11. The lowest BCUT2D eigenvalue weighted by Gasteiger charge is -2.28. The van der Waals surface area contributed by atoms with Gasteiger partial charge < -0.3 is 20.3 Å². The van der Waals surface area contributed by atoms with Crippen LogP contribution in [0.2, 0.25) is 0 Å². The first-order valence-electron chi connectivity index (χ1n) is 7.73. The number of morpholine rings is 1. The Hall–Kier alpha value is -1.01. The number of anilines is 1. The molecule has 0 aromatic heterocycles. The number of ether oxygens (including phenoxy) is 1. The monoisotopic (exact) mass is 363 g/mol. The third-order valence-electron chi connectivity index (χ3n) is 3.52. The molecule has 0 atom stereocenters. The van der Waals surface area contributed by atoms with E-state index < -0.39 is 0 Å². The number of nitrogens with zero attached hydrogens (tertiary/aromatic N) is 1. The van der Waals surface area contributed by atoms with E-state index in [0.29, 0.717) is 12.1 Å². The van der Waals surface area contributed by atoms with Crippen LogP contribution in [0.1, 0.15) is 23.7 Å². The maximum absolute atomic E-state index is 12.0. The van der Waals surface area contributed by atoms with Crippen LogP contribution < -0.4 is 15.5 Å². The standard InChI is InChI=1S/C16H25N3O2.2ClH/c1-2-7-17-8-9-18-16(20)14-3-5-15(6-4-14)19-10-12-21-13-11-19;;/h3-6,17H,2,7-13H2,1H3,(H,18,20);2*1H. The molecule has 1 aromatic carbocycles. The largest absolute Gasteiger partial charge is 0.378 e. The van der Waals surface area contributed by atoms with E-state index in [-0.39, 0.29) is 30.7 Å². The molecule has 0 radical (unpaired) electrons. The molecule has 0 spiro atoms. The Labute approximate surface area is 151 Å². The van der Waals surface area contributed by atoms with Crippen LogP contribution in [0.3, 0.4) is 0 Å². The quantitative estimate of drug-likeness (QED) is 0.728. The fourth-order valence-corrected chi connectivity index (χ4v) is 2.31. The Balaban J connectivity index is 0.00000242. The van der Waals surface area contributed by atoms with Crippen LogP contribution in [-0.2, 0) is 4.74 Å².